The van der Waals surface area contributed by atoms with Crippen molar-refractivity contribution >= 4 is 16.9 Å². The number of aryl methyl sites for hydroxylation is 1. The first-order chi connectivity index (χ1) is 11.6. The molecule has 7 heteroatoms. The number of hydrogen-bond acceptors (Lipinski definition) is 4. The Morgan fingerprint density at radius 3 is 2.56 bits per heavy atom. The van der Waals surface area contributed by atoms with E-state index in [1.165, 1.54) is 4.57 Å². The Kier molecular flexibility index (Phi) is 5.47. The predicted molar refractivity (Wildman–Crippen MR) is 99.2 cm³/mol. The van der Waals surface area contributed by atoms with E-state index in [9.17, 15) is 14.4 Å². The summed E-state index contributed by atoms with van der Waals surface area (Å²) < 4.78 is 1.40. The lowest BCUT2D eigenvalue weighted by atomic mass is 9.93. The highest BCUT2D eigenvalue weighted by Crippen LogP contribution is 2.15. The van der Waals surface area contributed by atoms with Crippen LogP contribution >= 0.6 is 0 Å². The van der Waals surface area contributed by atoms with Crippen LogP contribution in [0, 0.1) is 5.41 Å². The monoisotopic (exact) mass is 346 g/mol. The Morgan fingerprint density at radius 2 is 1.96 bits per heavy atom. The van der Waals surface area contributed by atoms with Crippen LogP contribution in [0.25, 0.3) is 11.0 Å². The summed E-state index contributed by atoms with van der Waals surface area (Å²) in [7, 11) is 3.99. The normalized spacial score (nSPS) is 11.9. The molecule has 25 heavy (non-hydrogen) atoms. The van der Waals surface area contributed by atoms with Crippen LogP contribution in [0.15, 0.2) is 27.8 Å². The number of nitrogens with one attached hydrogen (secondary N) is 2. The van der Waals surface area contributed by atoms with Gasteiger partial charge < -0.3 is 19.8 Å². The zero-order valence-corrected chi connectivity index (χ0v) is 15.5. The number of benzene rings is 1. The number of fused-ring (bicyclic) bond motifs is 1. The minimum atomic E-state index is -0.681. The van der Waals surface area contributed by atoms with E-state index in [1.807, 2.05) is 14.1 Å². The van der Waals surface area contributed by atoms with Crippen molar-refractivity contribution in [3.63, 3.8) is 0 Å². The smallest absolute Gasteiger partial charge is 0.316 e. The molecule has 0 saturated carbocycles. The Hall–Kier alpha value is -2.41. The highest BCUT2D eigenvalue weighted by atomic mass is 16.2. The van der Waals surface area contributed by atoms with Gasteiger partial charge in [0.15, 0.2) is 0 Å². The Bertz CT molecular complexity index is 893. The van der Waals surface area contributed by atoms with Crippen molar-refractivity contribution in [2.75, 3.05) is 27.2 Å². The third kappa shape index (κ3) is 4.36. The summed E-state index contributed by atoms with van der Waals surface area (Å²) in [5.41, 5.74) is 0.206. The van der Waals surface area contributed by atoms with Crippen molar-refractivity contribution in [3.05, 3.63) is 44.5 Å². The zero-order chi connectivity index (χ0) is 18.8. The molecule has 0 aliphatic heterocycles. The molecule has 2 aromatic rings. The molecule has 0 bridgehead atoms. The molecule has 2 rings (SSSR count). The maximum Gasteiger partial charge on any atom is 0.316 e. The van der Waals surface area contributed by atoms with E-state index in [-0.39, 0.29) is 11.3 Å². The van der Waals surface area contributed by atoms with Gasteiger partial charge in [-0.25, -0.2) is 0 Å². The second-order valence-corrected chi connectivity index (χ2v) is 7.32. The highest BCUT2D eigenvalue weighted by molar-refractivity contribution is 5.97. The van der Waals surface area contributed by atoms with Crippen LogP contribution in [0.2, 0.25) is 0 Å². The fraction of sp³-hybridized carbons (Fsp3) is 0.500. The lowest BCUT2D eigenvalue weighted by molar-refractivity contribution is 0.0929. The van der Waals surface area contributed by atoms with Crippen LogP contribution in [0.5, 0.6) is 0 Å². The average molecular weight is 346 g/mol. The SMILES string of the molecule is CCn1c(=O)c(=O)[nH]c2cc(C(=O)NCC(C)(C)CN(C)C)ccc21. The molecular formula is C18H26N4O3. The minimum absolute atomic E-state index is 0.0625. The molecule has 1 amide bonds. The Balaban J connectivity index is 2.27. The molecule has 2 N–H and O–H groups in total. The van der Waals surface area contributed by atoms with Gasteiger partial charge in [-0.15, -0.1) is 0 Å². The van der Waals surface area contributed by atoms with Crippen LogP contribution < -0.4 is 16.4 Å². The summed E-state index contributed by atoms with van der Waals surface area (Å²) in [6.07, 6.45) is 0. The van der Waals surface area contributed by atoms with Crippen molar-refractivity contribution in [1.82, 2.24) is 19.8 Å². The van der Waals surface area contributed by atoms with Crippen molar-refractivity contribution < 1.29 is 4.79 Å². The summed E-state index contributed by atoms with van der Waals surface area (Å²) in [4.78, 5) is 40.7. The lowest BCUT2D eigenvalue weighted by Gasteiger charge is -2.28. The van der Waals surface area contributed by atoms with E-state index in [0.717, 1.165) is 6.54 Å². The van der Waals surface area contributed by atoms with E-state index in [4.69, 9.17) is 0 Å². The first-order valence-corrected chi connectivity index (χ1v) is 8.34. The molecule has 1 aromatic carbocycles. The summed E-state index contributed by atoms with van der Waals surface area (Å²) >= 11 is 0. The highest BCUT2D eigenvalue weighted by Gasteiger charge is 2.20. The van der Waals surface area contributed by atoms with E-state index in [2.05, 4.69) is 29.0 Å². The van der Waals surface area contributed by atoms with Crippen molar-refractivity contribution in [1.29, 1.82) is 0 Å². The van der Waals surface area contributed by atoms with E-state index in [0.29, 0.717) is 29.7 Å². The van der Waals surface area contributed by atoms with Gasteiger partial charge in [0, 0.05) is 25.2 Å². The number of H-pyrrole nitrogens is 1. The number of carbonyl (C=O) groups is 1. The van der Waals surface area contributed by atoms with E-state index >= 15 is 0 Å². The number of rotatable bonds is 6. The zero-order valence-electron chi connectivity index (χ0n) is 15.5. The maximum atomic E-state index is 12.4. The molecule has 0 spiro atoms. The van der Waals surface area contributed by atoms with Crippen LogP contribution in [-0.2, 0) is 6.54 Å². The molecule has 0 aliphatic carbocycles. The fourth-order valence-corrected chi connectivity index (χ4v) is 3.07. The molecule has 0 fully saturated rings. The van der Waals surface area contributed by atoms with Gasteiger partial charge in [0.1, 0.15) is 0 Å². The molecule has 1 aromatic heterocycles. The quantitative estimate of drug-likeness (QED) is 0.765. The van der Waals surface area contributed by atoms with Gasteiger partial charge in [0.25, 0.3) is 5.91 Å². The number of amides is 1. The Morgan fingerprint density at radius 1 is 1.28 bits per heavy atom. The molecule has 0 radical (unpaired) electrons. The van der Waals surface area contributed by atoms with Gasteiger partial charge in [-0.3, -0.25) is 14.4 Å². The minimum Gasteiger partial charge on any atom is -0.351 e. The predicted octanol–water partition coefficient (Wildman–Crippen LogP) is 1.03. The fourth-order valence-electron chi connectivity index (χ4n) is 3.07. The van der Waals surface area contributed by atoms with Crippen molar-refractivity contribution in [3.8, 4) is 0 Å². The molecule has 0 aliphatic rings. The average Bonchev–Trinajstić information content (AvgIpc) is 2.52. The van der Waals surface area contributed by atoms with Gasteiger partial charge in [0.2, 0.25) is 0 Å². The number of carbonyl (C=O) groups excluding carboxylic acids is 1. The molecular weight excluding hydrogens is 320 g/mol. The Labute approximate surface area is 146 Å². The van der Waals surface area contributed by atoms with Crippen LogP contribution in [0.4, 0.5) is 0 Å². The van der Waals surface area contributed by atoms with Gasteiger partial charge in [0.05, 0.1) is 11.0 Å². The summed E-state index contributed by atoms with van der Waals surface area (Å²) in [5, 5.41) is 2.94. The topological polar surface area (TPSA) is 87.2 Å². The molecule has 7 nitrogen and oxygen atoms in total. The number of nitrogens with zero attached hydrogens (tertiary/aromatic N) is 2. The van der Waals surface area contributed by atoms with Gasteiger partial charge in [-0.1, -0.05) is 13.8 Å². The first kappa shape index (κ1) is 18.9. The molecule has 1 heterocycles. The summed E-state index contributed by atoms with van der Waals surface area (Å²) in [6, 6.07) is 4.97. The summed E-state index contributed by atoms with van der Waals surface area (Å²) in [6.45, 7) is 7.75. The first-order valence-electron chi connectivity index (χ1n) is 8.34. The van der Waals surface area contributed by atoms with Gasteiger partial charge in [-0.05, 0) is 44.6 Å². The van der Waals surface area contributed by atoms with Gasteiger partial charge >= 0.3 is 11.1 Å². The second-order valence-electron chi connectivity index (χ2n) is 7.32. The maximum absolute atomic E-state index is 12.4. The summed E-state index contributed by atoms with van der Waals surface area (Å²) in [5.74, 6) is -0.205. The third-order valence-corrected chi connectivity index (χ3v) is 4.03. The van der Waals surface area contributed by atoms with Crippen LogP contribution in [-0.4, -0.2) is 47.5 Å². The largest absolute Gasteiger partial charge is 0.351 e. The van der Waals surface area contributed by atoms with Crippen LogP contribution in [0.3, 0.4) is 0 Å². The standard InChI is InChI=1S/C18H26N4O3/c1-6-22-14-8-7-12(9-13(14)20-16(24)17(22)25)15(23)19-10-18(2,3)11-21(4)5/h7-9H,6,10-11H2,1-5H3,(H,19,23)(H,20,24). The lowest BCUT2D eigenvalue weighted by Crippen LogP contribution is -2.40. The molecule has 0 saturated heterocycles. The van der Waals surface area contributed by atoms with Crippen LogP contribution in [0.1, 0.15) is 31.1 Å². The molecule has 0 atom stereocenters. The van der Waals surface area contributed by atoms with Gasteiger partial charge in [-0.2, -0.15) is 0 Å². The number of hydrogen-bond donors (Lipinski definition) is 2. The van der Waals surface area contributed by atoms with Crippen molar-refractivity contribution in [2.45, 2.75) is 27.3 Å². The second kappa shape index (κ2) is 7.23. The number of aromatic nitrogens is 2. The number of aromatic amines is 1. The molecule has 136 valence electrons. The third-order valence-electron chi connectivity index (χ3n) is 4.03. The van der Waals surface area contributed by atoms with E-state index < -0.39 is 11.1 Å². The molecule has 0 unspecified atom stereocenters. The van der Waals surface area contributed by atoms with E-state index in [1.54, 1.807) is 25.1 Å². The van der Waals surface area contributed by atoms with Crippen molar-refractivity contribution in [2.24, 2.45) is 5.41 Å².